The third kappa shape index (κ3) is 2.73. The van der Waals surface area contributed by atoms with Crippen LogP contribution in [0.1, 0.15) is 25.0 Å². The van der Waals surface area contributed by atoms with Gasteiger partial charge in [-0.3, -0.25) is 0 Å². The van der Waals surface area contributed by atoms with Gasteiger partial charge in [0.1, 0.15) is 5.75 Å². The second-order valence-corrected chi connectivity index (χ2v) is 4.47. The van der Waals surface area contributed by atoms with Crippen LogP contribution in [-0.2, 0) is 6.42 Å². The monoisotopic (exact) mass is 240 g/mol. The smallest absolute Gasteiger partial charge is 0.119 e. The molecule has 2 aromatic rings. The largest absolute Gasteiger partial charge is 0.494 e. The Kier molecular flexibility index (Phi) is 4.03. The molecule has 0 N–H and O–H groups in total. The zero-order chi connectivity index (χ0) is 13.0. The lowest BCUT2D eigenvalue weighted by molar-refractivity contribution is 0.340. The zero-order valence-electron chi connectivity index (χ0n) is 11.4. The maximum absolute atomic E-state index is 5.56. The molecule has 1 heteroatoms. The quantitative estimate of drug-likeness (QED) is 0.757. The minimum absolute atomic E-state index is 0.715. The van der Waals surface area contributed by atoms with Crippen LogP contribution in [0.5, 0.6) is 5.75 Å². The standard InChI is InChI=1S/C17H20O/c1-4-14-12-16(18-5-2)10-11-17(14)15-8-6-13(3)7-9-15/h6-12H,4-5H2,1-3H3. The van der Waals surface area contributed by atoms with Crippen molar-refractivity contribution in [2.75, 3.05) is 6.61 Å². The van der Waals surface area contributed by atoms with Crippen LogP contribution in [-0.4, -0.2) is 6.61 Å². The first-order chi connectivity index (χ1) is 8.74. The second-order valence-electron chi connectivity index (χ2n) is 4.47. The number of benzene rings is 2. The van der Waals surface area contributed by atoms with E-state index >= 15 is 0 Å². The summed E-state index contributed by atoms with van der Waals surface area (Å²) in [7, 11) is 0. The Morgan fingerprint density at radius 1 is 0.944 bits per heavy atom. The number of aryl methyl sites for hydroxylation is 2. The van der Waals surface area contributed by atoms with Gasteiger partial charge in [-0.2, -0.15) is 0 Å². The van der Waals surface area contributed by atoms with Gasteiger partial charge >= 0.3 is 0 Å². The highest BCUT2D eigenvalue weighted by Crippen LogP contribution is 2.28. The average molecular weight is 240 g/mol. The van der Waals surface area contributed by atoms with E-state index in [0.717, 1.165) is 12.2 Å². The van der Waals surface area contributed by atoms with Gasteiger partial charge in [0, 0.05) is 0 Å². The molecule has 0 spiro atoms. The molecule has 2 rings (SSSR count). The summed E-state index contributed by atoms with van der Waals surface area (Å²) >= 11 is 0. The topological polar surface area (TPSA) is 9.23 Å². The van der Waals surface area contributed by atoms with Crippen LogP contribution in [0.2, 0.25) is 0 Å². The number of hydrogen-bond donors (Lipinski definition) is 0. The Bertz CT molecular complexity index is 512. The molecule has 0 aliphatic heterocycles. The highest BCUT2D eigenvalue weighted by atomic mass is 16.5. The summed E-state index contributed by atoms with van der Waals surface area (Å²) < 4.78 is 5.56. The molecule has 2 aromatic carbocycles. The van der Waals surface area contributed by atoms with Crippen molar-refractivity contribution < 1.29 is 4.74 Å². The van der Waals surface area contributed by atoms with Crippen LogP contribution < -0.4 is 4.74 Å². The van der Waals surface area contributed by atoms with E-state index < -0.39 is 0 Å². The number of ether oxygens (including phenoxy) is 1. The van der Waals surface area contributed by atoms with E-state index in [-0.39, 0.29) is 0 Å². The fraction of sp³-hybridized carbons (Fsp3) is 0.294. The minimum Gasteiger partial charge on any atom is -0.494 e. The molecule has 0 heterocycles. The van der Waals surface area contributed by atoms with Crippen LogP contribution in [0.15, 0.2) is 42.5 Å². The highest BCUT2D eigenvalue weighted by Gasteiger charge is 2.05. The summed E-state index contributed by atoms with van der Waals surface area (Å²) in [5.41, 5.74) is 5.22. The van der Waals surface area contributed by atoms with Crippen LogP contribution in [0, 0.1) is 6.92 Å². The van der Waals surface area contributed by atoms with Crippen molar-refractivity contribution in [1.82, 2.24) is 0 Å². The maximum atomic E-state index is 5.56. The summed E-state index contributed by atoms with van der Waals surface area (Å²) in [6.07, 6.45) is 1.02. The van der Waals surface area contributed by atoms with Crippen molar-refractivity contribution in [3.63, 3.8) is 0 Å². The molecule has 0 aliphatic carbocycles. The molecular weight excluding hydrogens is 220 g/mol. The predicted molar refractivity (Wildman–Crippen MR) is 77.2 cm³/mol. The summed E-state index contributed by atoms with van der Waals surface area (Å²) in [5.74, 6) is 0.963. The van der Waals surface area contributed by atoms with Crippen molar-refractivity contribution in [2.45, 2.75) is 27.2 Å². The number of rotatable bonds is 4. The first-order valence-corrected chi connectivity index (χ1v) is 6.57. The van der Waals surface area contributed by atoms with Crippen LogP contribution in [0.25, 0.3) is 11.1 Å². The van der Waals surface area contributed by atoms with Crippen molar-refractivity contribution in [3.05, 3.63) is 53.6 Å². The molecular formula is C17H20O. The molecule has 0 radical (unpaired) electrons. The van der Waals surface area contributed by atoms with Gasteiger partial charge in [-0.15, -0.1) is 0 Å². The van der Waals surface area contributed by atoms with Crippen molar-refractivity contribution in [1.29, 1.82) is 0 Å². The fourth-order valence-electron chi connectivity index (χ4n) is 2.13. The van der Waals surface area contributed by atoms with E-state index in [0.29, 0.717) is 6.61 Å². The normalized spacial score (nSPS) is 10.4. The third-order valence-electron chi connectivity index (χ3n) is 3.13. The van der Waals surface area contributed by atoms with E-state index in [1.54, 1.807) is 0 Å². The SMILES string of the molecule is CCOc1ccc(-c2ccc(C)cc2)c(CC)c1. The second kappa shape index (κ2) is 5.72. The molecule has 0 saturated heterocycles. The van der Waals surface area contributed by atoms with Crippen LogP contribution in [0.3, 0.4) is 0 Å². The Labute approximate surface area is 109 Å². The number of hydrogen-bond acceptors (Lipinski definition) is 1. The van der Waals surface area contributed by atoms with Crippen LogP contribution in [0.4, 0.5) is 0 Å². The zero-order valence-corrected chi connectivity index (χ0v) is 11.4. The lowest BCUT2D eigenvalue weighted by atomic mass is 9.97. The molecule has 0 saturated carbocycles. The van der Waals surface area contributed by atoms with Gasteiger partial charge in [-0.25, -0.2) is 0 Å². The van der Waals surface area contributed by atoms with Gasteiger partial charge in [0.25, 0.3) is 0 Å². The molecule has 18 heavy (non-hydrogen) atoms. The van der Waals surface area contributed by atoms with E-state index in [1.165, 1.54) is 22.3 Å². The Hall–Kier alpha value is -1.76. The van der Waals surface area contributed by atoms with Crippen molar-refractivity contribution in [3.8, 4) is 16.9 Å². The van der Waals surface area contributed by atoms with Gasteiger partial charge < -0.3 is 4.74 Å². The van der Waals surface area contributed by atoms with Gasteiger partial charge in [-0.1, -0.05) is 42.8 Å². The molecule has 0 atom stereocenters. The minimum atomic E-state index is 0.715. The first kappa shape index (κ1) is 12.7. The highest BCUT2D eigenvalue weighted by molar-refractivity contribution is 5.68. The maximum Gasteiger partial charge on any atom is 0.119 e. The Morgan fingerprint density at radius 2 is 1.67 bits per heavy atom. The van der Waals surface area contributed by atoms with Gasteiger partial charge in [0.2, 0.25) is 0 Å². The van der Waals surface area contributed by atoms with E-state index in [2.05, 4.69) is 56.3 Å². The van der Waals surface area contributed by atoms with Gasteiger partial charge in [0.15, 0.2) is 0 Å². The average Bonchev–Trinajstić information content (AvgIpc) is 2.40. The van der Waals surface area contributed by atoms with Crippen LogP contribution >= 0.6 is 0 Å². The summed E-state index contributed by atoms with van der Waals surface area (Å²) in [4.78, 5) is 0. The summed E-state index contributed by atoms with van der Waals surface area (Å²) in [5, 5.41) is 0. The van der Waals surface area contributed by atoms with E-state index in [9.17, 15) is 0 Å². The lowest BCUT2D eigenvalue weighted by Crippen LogP contribution is -1.94. The molecule has 94 valence electrons. The molecule has 0 bridgehead atoms. The first-order valence-electron chi connectivity index (χ1n) is 6.57. The van der Waals surface area contributed by atoms with Crippen molar-refractivity contribution >= 4 is 0 Å². The van der Waals surface area contributed by atoms with Crippen molar-refractivity contribution in [2.24, 2.45) is 0 Å². The molecule has 0 fully saturated rings. The third-order valence-corrected chi connectivity index (χ3v) is 3.13. The summed E-state index contributed by atoms with van der Waals surface area (Å²) in [6.45, 7) is 7.03. The predicted octanol–water partition coefficient (Wildman–Crippen LogP) is 4.62. The molecule has 1 nitrogen and oxygen atoms in total. The lowest BCUT2D eigenvalue weighted by Gasteiger charge is -2.11. The van der Waals surface area contributed by atoms with E-state index in [1.807, 2.05) is 6.92 Å². The molecule has 0 amide bonds. The van der Waals surface area contributed by atoms with Gasteiger partial charge in [-0.05, 0) is 49.1 Å². The molecule has 0 aliphatic rings. The Morgan fingerprint density at radius 3 is 2.28 bits per heavy atom. The van der Waals surface area contributed by atoms with Gasteiger partial charge in [0.05, 0.1) is 6.61 Å². The Balaban J connectivity index is 2.40. The summed E-state index contributed by atoms with van der Waals surface area (Å²) in [6, 6.07) is 15.1. The molecule has 0 aromatic heterocycles. The fourth-order valence-corrected chi connectivity index (χ4v) is 2.13. The molecule has 0 unspecified atom stereocenters. The van der Waals surface area contributed by atoms with E-state index in [4.69, 9.17) is 4.74 Å².